The molecule has 1 fully saturated rings. The standard InChI is InChI=1S/C9H12N2O5/c12-8(10-14)1-2-9(13)16-7-11-3-5-15-6-4-11/h1-2H,3-7H2/b2-1-. The molecular formula is C9H12N2O5. The van der Waals surface area contributed by atoms with E-state index < -0.39 is 11.9 Å². The minimum Gasteiger partial charge on any atom is -0.446 e. The van der Waals surface area contributed by atoms with E-state index in [0.717, 1.165) is 12.2 Å². The molecule has 1 aliphatic rings. The summed E-state index contributed by atoms with van der Waals surface area (Å²) in [6, 6.07) is 0. The van der Waals surface area contributed by atoms with Gasteiger partial charge in [0.25, 0.3) is 0 Å². The molecule has 0 saturated carbocycles. The van der Waals surface area contributed by atoms with Crippen LogP contribution in [0.3, 0.4) is 0 Å². The summed E-state index contributed by atoms with van der Waals surface area (Å²) in [6.07, 6.45) is 1.65. The molecule has 1 heterocycles. The number of esters is 1. The van der Waals surface area contributed by atoms with Crippen LogP contribution in [0.4, 0.5) is 0 Å². The van der Waals surface area contributed by atoms with Crippen molar-refractivity contribution in [3.8, 4) is 0 Å². The average molecular weight is 228 g/mol. The van der Waals surface area contributed by atoms with Crippen LogP contribution in [-0.2, 0) is 19.1 Å². The Morgan fingerprint density at radius 3 is 2.62 bits per heavy atom. The number of hydrogen-bond acceptors (Lipinski definition) is 6. The zero-order valence-electron chi connectivity index (χ0n) is 8.63. The van der Waals surface area contributed by atoms with Gasteiger partial charge in [-0.1, -0.05) is 0 Å². The molecule has 0 aromatic heterocycles. The van der Waals surface area contributed by atoms with Crippen LogP contribution >= 0.6 is 0 Å². The Morgan fingerprint density at radius 2 is 2.00 bits per heavy atom. The van der Waals surface area contributed by atoms with E-state index in [2.05, 4.69) is 5.18 Å². The first-order valence-corrected chi connectivity index (χ1v) is 4.74. The van der Waals surface area contributed by atoms with Gasteiger partial charge in [0.05, 0.1) is 13.2 Å². The second-order valence-electron chi connectivity index (χ2n) is 3.09. The van der Waals surface area contributed by atoms with Gasteiger partial charge in [-0.15, -0.1) is 4.91 Å². The molecule has 0 aromatic rings. The number of nitrogens with zero attached hydrogens (tertiary/aromatic N) is 2. The maximum Gasteiger partial charge on any atom is 0.332 e. The summed E-state index contributed by atoms with van der Waals surface area (Å²) in [7, 11) is 0. The van der Waals surface area contributed by atoms with Gasteiger partial charge in [-0.25, -0.2) is 4.79 Å². The van der Waals surface area contributed by atoms with Crippen molar-refractivity contribution in [2.75, 3.05) is 33.0 Å². The first-order valence-electron chi connectivity index (χ1n) is 4.74. The largest absolute Gasteiger partial charge is 0.446 e. The summed E-state index contributed by atoms with van der Waals surface area (Å²) in [5.74, 6) is -1.69. The van der Waals surface area contributed by atoms with Crippen molar-refractivity contribution in [1.29, 1.82) is 0 Å². The monoisotopic (exact) mass is 228 g/mol. The second kappa shape index (κ2) is 6.81. The Balaban J connectivity index is 2.21. The van der Waals surface area contributed by atoms with E-state index in [0.29, 0.717) is 26.3 Å². The molecule has 0 bridgehead atoms. The van der Waals surface area contributed by atoms with Crippen LogP contribution in [0.2, 0.25) is 0 Å². The molecule has 1 aliphatic heterocycles. The van der Waals surface area contributed by atoms with Crippen molar-refractivity contribution in [1.82, 2.24) is 4.90 Å². The van der Waals surface area contributed by atoms with Crippen molar-refractivity contribution >= 4 is 11.9 Å². The highest BCUT2D eigenvalue weighted by Crippen LogP contribution is 1.97. The van der Waals surface area contributed by atoms with Crippen molar-refractivity contribution in [2.45, 2.75) is 0 Å². The minimum absolute atomic E-state index is 0.148. The van der Waals surface area contributed by atoms with Gasteiger partial charge in [0.2, 0.25) is 0 Å². The average Bonchev–Trinajstić information content (AvgIpc) is 2.34. The number of rotatable bonds is 4. The lowest BCUT2D eigenvalue weighted by molar-refractivity contribution is -0.144. The Kier molecular flexibility index (Phi) is 5.30. The number of ether oxygens (including phenoxy) is 2. The van der Waals surface area contributed by atoms with E-state index in [1.165, 1.54) is 0 Å². The van der Waals surface area contributed by atoms with Crippen molar-refractivity contribution in [3.63, 3.8) is 0 Å². The summed E-state index contributed by atoms with van der Waals surface area (Å²) in [4.78, 5) is 33.1. The van der Waals surface area contributed by atoms with E-state index in [1.54, 1.807) is 0 Å². The van der Waals surface area contributed by atoms with Gasteiger partial charge in [0, 0.05) is 30.4 Å². The lowest BCUT2D eigenvalue weighted by Gasteiger charge is -2.25. The summed E-state index contributed by atoms with van der Waals surface area (Å²) >= 11 is 0. The van der Waals surface area contributed by atoms with Gasteiger partial charge in [-0.05, 0) is 0 Å². The van der Waals surface area contributed by atoms with Crippen LogP contribution in [0.5, 0.6) is 0 Å². The quantitative estimate of drug-likeness (QED) is 0.372. The molecule has 0 N–H and O–H groups in total. The summed E-state index contributed by atoms with van der Waals surface area (Å²) < 4.78 is 9.94. The van der Waals surface area contributed by atoms with Gasteiger partial charge in [0.15, 0.2) is 0 Å². The Hall–Kier alpha value is -1.60. The number of carbonyl (C=O) groups excluding carboxylic acids is 2. The molecule has 0 spiro atoms. The summed E-state index contributed by atoms with van der Waals surface area (Å²) in [5, 5.41) is 2.10. The fourth-order valence-electron chi connectivity index (χ4n) is 1.10. The van der Waals surface area contributed by atoms with Gasteiger partial charge in [0.1, 0.15) is 6.73 Å². The zero-order valence-corrected chi connectivity index (χ0v) is 8.63. The first kappa shape index (κ1) is 12.5. The lowest BCUT2D eigenvalue weighted by Crippen LogP contribution is -2.38. The number of morpholine rings is 1. The molecule has 1 amide bonds. The number of nitroso groups, excluding NO2 is 1. The van der Waals surface area contributed by atoms with E-state index >= 15 is 0 Å². The van der Waals surface area contributed by atoms with Crippen molar-refractivity contribution in [2.24, 2.45) is 5.18 Å². The maximum atomic E-state index is 11.0. The van der Waals surface area contributed by atoms with E-state index in [1.807, 2.05) is 4.90 Å². The molecule has 0 aliphatic carbocycles. The molecule has 1 rings (SSSR count). The molecular weight excluding hydrogens is 216 g/mol. The predicted molar refractivity (Wildman–Crippen MR) is 53.3 cm³/mol. The van der Waals surface area contributed by atoms with Gasteiger partial charge in [-0.3, -0.25) is 9.69 Å². The highest BCUT2D eigenvalue weighted by molar-refractivity contribution is 5.94. The Bertz CT molecular complexity index is 296. The van der Waals surface area contributed by atoms with E-state index in [9.17, 15) is 14.5 Å². The highest BCUT2D eigenvalue weighted by atomic mass is 16.5. The minimum atomic E-state index is -1.01. The van der Waals surface area contributed by atoms with Crippen LogP contribution in [-0.4, -0.2) is 49.8 Å². The molecule has 88 valence electrons. The molecule has 0 aromatic carbocycles. The van der Waals surface area contributed by atoms with Crippen LogP contribution < -0.4 is 0 Å². The molecule has 7 nitrogen and oxygen atoms in total. The fraction of sp³-hybridized carbons (Fsp3) is 0.556. The van der Waals surface area contributed by atoms with Gasteiger partial charge < -0.3 is 9.47 Å². The molecule has 0 atom stereocenters. The van der Waals surface area contributed by atoms with Crippen molar-refractivity contribution < 1.29 is 19.1 Å². The first-order chi connectivity index (χ1) is 7.72. The molecule has 7 heteroatoms. The van der Waals surface area contributed by atoms with Crippen LogP contribution in [0, 0.1) is 4.91 Å². The van der Waals surface area contributed by atoms with Crippen LogP contribution in [0.1, 0.15) is 0 Å². The topological polar surface area (TPSA) is 85.3 Å². The summed E-state index contributed by atoms with van der Waals surface area (Å²) in [6.45, 7) is 2.77. The summed E-state index contributed by atoms with van der Waals surface area (Å²) in [5.41, 5.74) is 0. The zero-order chi connectivity index (χ0) is 11.8. The number of hydrogen-bond donors (Lipinski definition) is 0. The lowest BCUT2D eigenvalue weighted by atomic mass is 10.4. The second-order valence-corrected chi connectivity index (χ2v) is 3.09. The maximum absolute atomic E-state index is 11.0. The van der Waals surface area contributed by atoms with Gasteiger partial charge in [-0.2, -0.15) is 0 Å². The normalized spacial score (nSPS) is 17.2. The van der Waals surface area contributed by atoms with Crippen LogP contribution in [0.15, 0.2) is 17.3 Å². The molecule has 1 saturated heterocycles. The molecule has 16 heavy (non-hydrogen) atoms. The molecule has 0 radical (unpaired) electrons. The third-order valence-corrected chi connectivity index (χ3v) is 1.95. The SMILES string of the molecule is O=NC(=O)/C=C\C(=O)OCN1CCOCC1. The fourth-order valence-corrected chi connectivity index (χ4v) is 1.10. The Morgan fingerprint density at radius 1 is 1.31 bits per heavy atom. The smallest absolute Gasteiger partial charge is 0.332 e. The van der Waals surface area contributed by atoms with Gasteiger partial charge >= 0.3 is 11.9 Å². The van der Waals surface area contributed by atoms with E-state index in [-0.39, 0.29) is 6.73 Å². The third kappa shape index (κ3) is 4.76. The molecule has 0 unspecified atom stereocenters. The Labute approximate surface area is 92.0 Å². The number of carbonyl (C=O) groups is 2. The van der Waals surface area contributed by atoms with E-state index in [4.69, 9.17) is 9.47 Å². The van der Waals surface area contributed by atoms with Crippen LogP contribution in [0.25, 0.3) is 0 Å². The number of amides is 1. The highest BCUT2D eigenvalue weighted by Gasteiger charge is 2.11. The van der Waals surface area contributed by atoms with Crippen molar-refractivity contribution in [3.05, 3.63) is 17.1 Å². The third-order valence-electron chi connectivity index (χ3n) is 1.95. The predicted octanol–water partition coefficient (Wildman–Crippen LogP) is -0.332.